The van der Waals surface area contributed by atoms with Crippen LogP contribution < -0.4 is 5.32 Å². The molecule has 0 heterocycles. The first-order valence-electron chi connectivity index (χ1n) is 6.84. The van der Waals surface area contributed by atoms with Crippen LogP contribution in [0.15, 0.2) is 0 Å². The number of rotatable bonds is 4. The van der Waals surface area contributed by atoms with Gasteiger partial charge in [-0.3, -0.25) is 0 Å². The van der Waals surface area contributed by atoms with Gasteiger partial charge in [-0.25, -0.2) is 0 Å². The Labute approximate surface area is 96.0 Å². The van der Waals surface area contributed by atoms with Gasteiger partial charge in [0.15, 0.2) is 0 Å². The third-order valence-corrected chi connectivity index (χ3v) is 3.86. The summed E-state index contributed by atoms with van der Waals surface area (Å²) < 4.78 is 0. The molecular weight excluding hydrogens is 182 g/mol. The molecule has 0 radical (unpaired) electrons. The molecular formula is C14H29N. The van der Waals surface area contributed by atoms with Crippen molar-refractivity contribution >= 4 is 0 Å². The highest BCUT2D eigenvalue weighted by atomic mass is 14.9. The van der Waals surface area contributed by atoms with Gasteiger partial charge in [0, 0.05) is 6.04 Å². The zero-order chi connectivity index (χ0) is 11.3. The number of hydrogen-bond acceptors (Lipinski definition) is 1. The van der Waals surface area contributed by atoms with Gasteiger partial charge < -0.3 is 5.32 Å². The van der Waals surface area contributed by atoms with E-state index in [0.29, 0.717) is 6.04 Å². The standard InChI is InChI=1S/C14H29N/c1-11(2)14-9-7-5-6-8-13(14)10-15-12(3)4/h11-15H,5-10H2,1-4H3. The van der Waals surface area contributed by atoms with Crippen molar-refractivity contribution in [3.05, 3.63) is 0 Å². The quantitative estimate of drug-likeness (QED) is 0.697. The second-order valence-corrected chi connectivity index (χ2v) is 5.87. The molecule has 1 aliphatic rings. The molecule has 1 rings (SSSR count). The van der Waals surface area contributed by atoms with Gasteiger partial charge in [-0.1, -0.05) is 47.0 Å². The molecule has 1 saturated carbocycles. The summed E-state index contributed by atoms with van der Waals surface area (Å²) >= 11 is 0. The molecule has 2 unspecified atom stereocenters. The summed E-state index contributed by atoms with van der Waals surface area (Å²) in [5.41, 5.74) is 0. The van der Waals surface area contributed by atoms with Crippen LogP contribution in [0.4, 0.5) is 0 Å². The van der Waals surface area contributed by atoms with E-state index in [9.17, 15) is 0 Å². The summed E-state index contributed by atoms with van der Waals surface area (Å²) in [5, 5.41) is 3.63. The normalized spacial score (nSPS) is 28.4. The minimum absolute atomic E-state index is 0.640. The lowest BCUT2D eigenvalue weighted by atomic mass is 9.80. The van der Waals surface area contributed by atoms with E-state index in [1.54, 1.807) is 0 Å². The van der Waals surface area contributed by atoms with Crippen LogP contribution in [-0.2, 0) is 0 Å². The first-order chi connectivity index (χ1) is 7.11. The molecule has 90 valence electrons. The summed E-state index contributed by atoms with van der Waals surface area (Å²) in [5.74, 6) is 2.75. The Bertz CT molecular complexity index is 163. The lowest BCUT2D eigenvalue weighted by molar-refractivity contribution is 0.227. The number of hydrogen-bond donors (Lipinski definition) is 1. The molecule has 1 aliphatic carbocycles. The Hall–Kier alpha value is -0.0400. The predicted octanol–water partition coefficient (Wildman–Crippen LogP) is 3.84. The van der Waals surface area contributed by atoms with Crippen LogP contribution >= 0.6 is 0 Å². The summed E-state index contributed by atoms with van der Waals surface area (Å²) in [6.45, 7) is 10.5. The molecule has 0 aliphatic heterocycles. The van der Waals surface area contributed by atoms with Crippen molar-refractivity contribution in [3.63, 3.8) is 0 Å². The topological polar surface area (TPSA) is 12.0 Å². The van der Waals surface area contributed by atoms with E-state index in [4.69, 9.17) is 0 Å². The Balaban J connectivity index is 2.46. The Morgan fingerprint density at radius 2 is 1.67 bits per heavy atom. The summed E-state index contributed by atoms with van der Waals surface area (Å²) in [4.78, 5) is 0. The van der Waals surface area contributed by atoms with Crippen LogP contribution in [0.3, 0.4) is 0 Å². The maximum atomic E-state index is 3.63. The van der Waals surface area contributed by atoms with Crippen molar-refractivity contribution in [1.82, 2.24) is 5.32 Å². The molecule has 1 nitrogen and oxygen atoms in total. The molecule has 1 heteroatoms. The molecule has 0 saturated heterocycles. The van der Waals surface area contributed by atoms with E-state index >= 15 is 0 Å². The smallest absolute Gasteiger partial charge is 0.00104 e. The summed E-state index contributed by atoms with van der Waals surface area (Å²) in [6, 6.07) is 0.640. The van der Waals surface area contributed by atoms with Gasteiger partial charge in [-0.2, -0.15) is 0 Å². The first kappa shape index (κ1) is 13.0. The fourth-order valence-corrected chi connectivity index (χ4v) is 2.93. The molecule has 2 atom stereocenters. The molecule has 1 fully saturated rings. The minimum Gasteiger partial charge on any atom is -0.314 e. The Morgan fingerprint density at radius 3 is 2.27 bits per heavy atom. The third kappa shape index (κ3) is 4.55. The molecule has 15 heavy (non-hydrogen) atoms. The van der Waals surface area contributed by atoms with Crippen LogP contribution in [0.1, 0.15) is 59.8 Å². The predicted molar refractivity (Wildman–Crippen MR) is 68.0 cm³/mol. The lowest BCUT2D eigenvalue weighted by Crippen LogP contribution is -2.33. The highest BCUT2D eigenvalue weighted by molar-refractivity contribution is 4.78. The van der Waals surface area contributed by atoms with Crippen LogP contribution in [0.5, 0.6) is 0 Å². The molecule has 0 bridgehead atoms. The van der Waals surface area contributed by atoms with Crippen molar-refractivity contribution in [2.75, 3.05) is 6.54 Å². The van der Waals surface area contributed by atoms with Gasteiger partial charge >= 0.3 is 0 Å². The second-order valence-electron chi connectivity index (χ2n) is 5.87. The highest BCUT2D eigenvalue weighted by Crippen LogP contribution is 2.33. The maximum absolute atomic E-state index is 3.63. The van der Waals surface area contributed by atoms with E-state index in [0.717, 1.165) is 17.8 Å². The molecule has 0 aromatic rings. The average Bonchev–Trinajstić information content (AvgIpc) is 2.39. The SMILES string of the molecule is CC(C)NCC1CCCCCC1C(C)C. The van der Waals surface area contributed by atoms with Gasteiger partial charge in [0.1, 0.15) is 0 Å². The van der Waals surface area contributed by atoms with Gasteiger partial charge in [-0.15, -0.1) is 0 Å². The maximum Gasteiger partial charge on any atom is 0.00104 e. The van der Waals surface area contributed by atoms with Crippen molar-refractivity contribution < 1.29 is 0 Å². The largest absolute Gasteiger partial charge is 0.314 e. The monoisotopic (exact) mass is 211 g/mol. The van der Waals surface area contributed by atoms with E-state index in [1.165, 1.54) is 38.6 Å². The fourth-order valence-electron chi connectivity index (χ4n) is 2.93. The molecule has 0 spiro atoms. The van der Waals surface area contributed by atoms with Crippen molar-refractivity contribution in [1.29, 1.82) is 0 Å². The molecule has 1 N–H and O–H groups in total. The molecule has 0 aromatic heterocycles. The zero-order valence-electron chi connectivity index (χ0n) is 11.1. The fraction of sp³-hybridized carbons (Fsp3) is 1.00. The van der Waals surface area contributed by atoms with Gasteiger partial charge in [-0.05, 0) is 37.1 Å². The van der Waals surface area contributed by atoms with Crippen molar-refractivity contribution in [2.45, 2.75) is 65.8 Å². The van der Waals surface area contributed by atoms with E-state index in [1.807, 2.05) is 0 Å². The van der Waals surface area contributed by atoms with Gasteiger partial charge in [0.2, 0.25) is 0 Å². The zero-order valence-corrected chi connectivity index (χ0v) is 11.1. The van der Waals surface area contributed by atoms with E-state index in [-0.39, 0.29) is 0 Å². The Kier molecular flexibility index (Phi) is 5.66. The van der Waals surface area contributed by atoms with Crippen LogP contribution in [-0.4, -0.2) is 12.6 Å². The van der Waals surface area contributed by atoms with E-state index in [2.05, 4.69) is 33.0 Å². The highest BCUT2D eigenvalue weighted by Gasteiger charge is 2.25. The Morgan fingerprint density at radius 1 is 1.00 bits per heavy atom. The first-order valence-corrected chi connectivity index (χ1v) is 6.84. The van der Waals surface area contributed by atoms with Crippen LogP contribution in [0.25, 0.3) is 0 Å². The number of nitrogens with one attached hydrogen (secondary N) is 1. The van der Waals surface area contributed by atoms with E-state index < -0.39 is 0 Å². The second kappa shape index (κ2) is 6.52. The van der Waals surface area contributed by atoms with Gasteiger partial charge in [0.05, 0.1) is 0 Å². The minimum atomic E-state index is 0.640. The third-order valence-electron chi connectivity index (χ3n) is 3.86. The lowest BCUT2D eigenvalue weighted by Gasteiger charge is -2.29. The van der Waals surface area contributed by atoms with Crippen LogP contribution in [0.2, 0.25) is 0 Å². The molecule has 0 aromatic carbocycles. The average molecular weight is 211 g/mol. The summed E-state index contributed by atoms with van der Waals surface area (Å²) in [6.07, 6.45) is 7.28. The summed E-state index contributed by atoms with van der Waals surface area (Å²) in [7, 11) is 0. The van der Waals surface area contributed by atoms with Crippen molar-refractivity contribution in [3.8, 4) is 0 Å². The van der Waals surface area contributed by atoms with Gasteiger partial charge in [0.25, 0.3) is 0 Å². The van der Waals surface area contributed by atoms with Crippen molar-refractivity contribution in [2.24, 2.45) is 17.8 Å². The molecule has 0 amide bonds. The van der Waals surface area contributed by atoms with Crippen LogP contribution in [0, 0.1) is 17.8 Å².